The summed E-state index contributed by atoms with van der Waals surface area (Å²) >= 11 is 1.58. The maximum atomic E-state index is 13.1. The number of rotatable bonds is 8. The van der Waals surface area contributed by atoms with Gasteiger partial charge in [0.15, 0.2) is 0 Å². The van der Waals surface area contributed by atoms with Crippen molar-refractivity contribution in [3.8, 4) is 0 Å². The van der Waals surface area contributed by atoms with Gasteiger partial charge in [-0.1, -0.05) is 0 Å². The quantitative estimate of drug-likeness (QED) is 0.391. The number of hydrogen-bond acceptors (Lipinski definition) is 6. The third-order valence-electron chi connectivity index (χ3n) is 4.23. The van der Waals surface area contributed by atoms with Crippen molar-refractivity contribution in [1.29, 1.82) is 0 Å². The third kappa shape index (κ3) is 4.78. The number of carboxylic acids is 2. The Kier molecular flexibility index (Phi) is 7.06. The molecular weight excluding hydrogens is 513 g/mol. The van der Waals surface area contributed by atoms with Crippen LogP contribution in [-0.4, -0.2) is 48.6 Å². The number of aryl methyl sites for hydroxylation is 1. The van der Waals surface area contributed by atoms with E-state index in [2.05, 4.69) is 4.98 Å². The van der Waals surface area contributed by atoms with Crippen molar-refractivity contribution >= 4 is 56.3 Å². The SMILES string of the molecule is CCN(CC)c1ccc(N(I)S(=O)(=O)c2cc(C(=O)O)cc(C(=O)O)c2)c(C)n1. The minimum absolute atomic E-state index is 0.291. The number of pyridine rings is 1. The molecule has 0 unspecified atom stereocenters. The van der Waals surface area contributed by atoms with Crippen molar-refractivity contribution < 1.29 is 28.2 Å². The number of carboxylic acid groups (broad SMARTS) is 2. The number of hydrogen-bond donors (Lipinski definition) is 2. The van der Waals surface area contributed by atoms with Crippen molar-refractivity contribution in [2.75, 3.05) is 20.5 Å². The van der Waals surface area contributed by atoms with Crippen LogP contribution in [0.1, 0.15) is 40.3 Å². The zero-order chi connectivity index (χ0) is 21.9. The first-order chi connectivity index (χ1) is 13.5. The predicted molar refractivity (Wildman–Crippen MR) is 117 cm³/mol. The van der Waals surface area contributed by atoms with Gasteiger partial charge in [0.1, 0.15) is 5.82 Å². The van der Waals surface area contributed by atoms with E-state index in [9.17, 15) is 28.2 Å². The number of halogens is 1. The fraction of sp³-hybridized carbons (Fsp3) is 0.278. The summed E-state index contributed by atoms with van der Waals surface area (Å²) in [5.74, 6) is -2.14. The monoisotopic (exact) mass is 533 g/mol. The van der Waals surface area contributed by atoms with Crippen molar-refractivity contribution in [2.24, 2.45) is 0 Å². The maximum absolute atomic E-state index is 13.1. The molecule has 0 amide bonds. The van der Waals surface area contributed by atoms with Crippen LogP contribution in [-0.2, 0) is 10.0 Å². The van der Waals surface area contributed by atoms with Gasteiger partial charge in [0, 0.05) is 13.1 Å². The number of sulfonamides is 1. The van der Waals surface area contributed by atoms with E-state index in [0.717, 1.165) is 33.8 Å². The van der Waals surface area contributed by atoms with Gasteiger partial charge in [-0.2, -0.15) is 0 Å². The average Bonchev–Trinajstić information content (AvgIpc) is 2.68. The summed E-state index contributed by atoms with van der Waals surface area (Å²) in [6, 6.07) is 6.09. The van der Waals surface area contributed by atoms with Crippen LogP contribution in [0.5, 0.6) is 0 Å². The molecule has 1 aromatic carbocycles. The van der Waals surface area contributed by atoms with Gasteiger partial charge in [-0.3, -0.25) is 0 Å². The lowest BCUT2D eigenvalue weighted by atomic mass is 10.1. The molecule has 1 aromatic heterocycles. The smallest absolute Gasteiger partial charge is 0.335 e. The Bertz CT molecular complexity index is 1020. The number of carbonyl (C=O) groups is 2. The Morgan fingerprint density at radius 2 is 1.55 bits per heavy atom. The first-order valence-electron chi connectivity index (χ1n) is 8.58. The maximum Gasteiger partial charge on any atom is 0.335 e. The van der Waals surface area contributed by atoms with Crippen molar-refractivity contribution in [1.82, 2.24) is 4.98 Å². The molecule has 1 heterocycles. The average molecular weight is 533 g/mol. The van der Waals surface area contributed by atoms with E-state index < -0.39 is 38.0 Å². The van der Waals surface area contributed by atoms with Crippen LogP contribution in [0, 0.1) is 6.92 Å². The van der Waals surface area contributed by atoms with E-state index in [4.69, 9.17) is 0 Å². The van der Waals surface area contributed by atoms with Crippen molar-refractivity contribution in [3.63, 3.8) is 0 Å². The summed E-state index contributed by atoms with van der Waals surface area (Å²) < 4.78 is 27.1. The first kappa shape index (κ1) is 22.9. The first-order valence-corrected chi connectivity index (χ1v) is 11.0. The van der Waals surface area contributed by atoms with Crippen LogP contribution in [0.3, 0.4) is 0 Å². The minimum Gasteiger partial charge on any atom is -0.478 e. The topological polar surface area (TPSA) is 128 Å². The zero-order valence-electron chi connectivity index (χ0n) is 16.0. The van der Waals surface area contributed by atoms with Gasteiger partial charge >= 0.3 is 11.9 Å². The lowest BCUT2D eigenvalue weighted by Gasteiger charge is -2.23. The molecule has 0 saturated carbocycles. The second-order valence-corrected chi connectivity index (χ2v) is 9.43. The molecule has 2 N–H and O–H groups in total. The highest BCUT2D eigenvalue weighted by atomic mass is 127. The Labute approximate surface area is 182 Å². The van der Waals surface area contributed by atoms with Crippen LogP contribution in [0.25, 0.3) is 0 Å². The highest BCUT2D eigenvalue weighted by Gasteiger charge is 2.27. The molecule has 0 fully saturated rings. The number of benzene rings is 1. The largest absolute Gasteiger partial charge is 0.478 e. The Balaban J connectivity index is 2.54. The Morgan fingerprint density at radius 3 is 1.97 bits per heavy atom. The normalized spacial score (nSPS) is 11.2. The number of nitrogens with zero attached hydrogens (tertiary/aromatic N) is 3. The van der Waals surface area contributed by atoms with Gasteiger partial charge < -0.3 is 15.1 Å². The second-order valence-electron chi connectivity index (χ2n) is 6.02. The molecule has 0 spiro atoms. The third-order valence-corrected chi connectivity index (χ3v) is 7.76. The molecule has 9 nitrogen and oxygen atoms in total. The highest BCUT2D eigenvalue weighted by molar-refractivity contribution is 14.1. The molecule has 0 radical (unpaired) electrons. The molecule has 2 rings (SSSR count). The summed E-state index contributed by atoms with van der Waals surface area (Å²) in [5, 5.41) is 18.4. The van der Waals surface area contributed by atoms with E-state index in [1.165, 1.54) is 0 Å². The van der Waals surface area contributed by atoms with E-state index in [1.807, 2.05) is 18.7 Å². The Hall–Kier alpha value is -2.41. The summed E-state index contributed by atoms with van der Waals surface area (Å²) in [7, 11) is -4.23. The summed E-state index contributed by atoms with van der Waals surface area (Å²) in [6.45, 7) is 7.13. The van der Waals surface area contributed by atoms with Gasteiger partial charge in [-0.25, -0.2) is 25.5 Å². The molecule has 0 aliphatic carbocycles. The van der Waals surface area contributed by atoms with E-state index in [1.54, 1.807) is 41.9 Å². The highest BCUT2D eigenvalue weighted by Crippen LogP contribution is 2.31. The van der Waals surface area contributed by atoms with Crippen LogP contribution >= 0.6 is 22.9 Å². The fourth-order valence-corrected chi connectivity index (χ4v) is 5.05. The molecule has 0 aliphatic heterocycles. The molecule has 2 aromatic rings. The van der Waals surface area contributed by atoms with Gasteiger partial charge in [0.2, 0.25) is 0 Å². The molecule has 0 saturated heterocycles. The van der Waals surface area contributed by atoms with Gasteiger partial charge in [-0.05, 0) is 51.1 Å². The zero-order valence-corrected chi connectivity index (χ0v) is 18.9. The van der Waals surface area contributed by atoms with Crippen LogP contribution in [0.2, 0.25) is 0 Å². The van der Waals surface area contributed by atoms with E-state index >= 15 is 0 Å². The molecular formula is C18H20IN3O6S. The summed E-state index contributed by atoms with van der Waals surface area (Å²) in [5.41, 5.74) is -0.112. The molecule has 29 heavy (non-hydrogen) atoms. The van der Waals surface area contributed by atoms with E-state index in [-0.39, 0.29) is 0 Å². The van der Waals surface area contributed by atoms with Crippen LogP contribution in [0.4, 0.5) is 11.5 Å². The van der Waals surface area contributed by atoms with Crippen LogP contribution in [0.15, 0.2) is 35.2 Å². The molecule has 11 heteroatoms. The van der Waals surface area contributed by atoms with Crippen molar-refractivity contribution in [2.45, 2.75) is 25.7 Å². The van der Waals surface area contributed by atoms with Crippen LogP contribution < -0.4 is 7.42 Å². The standard InChI is InChI=1S/C18H20IN3O6S/c1-4-21(5-2)16-7-6-15(11(3)20-16)22(19)29(27,28)14-9-12(17(23)24)8-13(10-14)18(25)26/h6-10H,4-5H2,1-3H3,(H,23,24)(H,25,26). The van der Waals surface area contributed by atoms with Gasteiger partial charge in [0.25, 0.3) is 10.0 Å². The number of aromatic nitrogens is 1. The second kappa shape index (κ2) is 8.95. The van der Waals surface area contributed by atoms with E-state index in [0.29, 0.717) is 17.2 Å². The minimum atomic E-state index is -4.23. The Morgan fingerprint density at radius 1 is 1.03 bits per heavy atom. The fourth-order valence-electron chi connectivity index (χ4n) is 2.67. The molecule has 0 aliphatic rings. The predicted octanol–water partition coefficient (Wildman–Crippen LogP) is 3.18. The molecule has 0 atom stereocenters. The van der Waals surface area contributed by atoms with Crippen molar-refractivity contribution in [3.05, 3.63) is 47.2 Å². The summed E-state index contributed by atoms with van der Waals surface area (Å²) in [6.07, 6.45) is 0. The molecule has 0 bridgehead atoms. The molecule has 156 valence electrons. The summed E-state index contributed by atoms with van der Waals surface area (Å²) in [4.78, 5) is 28.6. The lowest BCUT2D eigenvalue weighted by Crippen LogP contribution is -2.25. The number of anilines is 2. The van der Waals surface area contributed by atoms with Gasteiger partial charge in [0.05, 0.1) is 50.3 Å². The number of aromatic carboxylic acids is 2. The lowest BCUT2D eigenvalue weighted by molar-refractivity contribution is 0.0696. The van der Waals surface area contributed by atoms with Gasteiger partial charge in [-0.15, -0.1) is 0 Å².